The van der Waals surface area contributed by atoms with Gasteiger partial charge in [0.25, 0.3) is 0 Å². The number of hydrogen-bond acceptors (Lipinski definition) is 0. The van der Waals surface area contributed by atoms with Crippen LogP contribution in [0.4, 0.5) is 0 Å². The molecule has 0 saturated carbocycles. The zero-order valence-electron chi connectivity index (χ0n) is 6.59. The molecule has 1 atom stereocenters. The highest BCUT2D eigenvalue weighted by molar-refractivity contribution is 5.22. The summed E-state index contributed by atoms with van der Waals surface area (Å²) in [6.45, 7) is 4.20. The first-order valence-electron chi connectivity index (χ1n) is 3.60. The van der Waals surface area contributed by atoms with E-state index in [1.165, 1.54) is 11.1 Å². The average molecular weight is 136 g/mol. The lowest BCUT2D eigenvalue weighted by atomic mass is 10.1. The second kappa shape index (κ2) is 2.84. The van der Waals surface area contributed by atoms with Crippen LogP contribution < -0.4 is 5.73 Å². The van der Waals surface area contributed by atoms with Gasteiger partial charge in [0.2, 0.25) is 0 Å². The van der Waals surface area contributed by atoms with Crippen molar-refractivity contribution in [1.29, 1.82) is 0 Å². The topological polar surface area (TPSA) is 27.6 Å². The lowest BCUT2D eigenvalue weighted by Crippen LogP contribution is -2.51. The quantitative estimate of drug-likeness (QED) is 0.602. The second-order valence-electron chi connectivity index (χ2n) is 2.81. The molecule has 0 heterocycles. The van der Waals surface area contributed by atoms with Crippen molar-refractivity contribution in [3.63, 3.8) is 0 Å². The molecule has 0 amide bonds. The zero-order valence-corrected chi connectivity index (χ0v) is 6.59. The van der Waals surface area contributed by atoms with E-state index in [1.807, 2.05) is 0 Å². The summed E-state index contributed by atoms with van der Waals surface area (Å²) < 4.78 is 0. The minimum Gasteiger partial charge on any atom is -0.352 e. The molecule has 0 aliphatic rings. The normalized spacial score (nSPS) is 13.1. The van der Waals surface area contributed by atoms with Crippen molar-refractivity contribution < 1.29 is 5.73 Å². The van der Waals surface area contributed by atoms with Gasteiger partial charge in [0.15, 0.2) is 0 Å². The Labute approximate surface area is 61.9 Å². The maximum atomic E-state index is 3.94. The number of aryl methyl sites for hydroxylation is 1. The van der Waals surface area contributed by atoms with Gasteiger partial charge in [-0.05, 0) is 13.8 Å². The van der Waals surface area contributed by atoms with E-state index < -0.39 is 0 Å². The Balaban J connectivity index is 2.89. The summed E-state index contributed by atoms with van der Waals surface area (Å²) in [5.41, 5.74) is 6.56. The van der Waals surface area contributed by atoms with Crippen LogP contribution in [0.2, 0.25) is 0 Å². The van der Waals surface area contributed by atoms with Crippen LogP contribution in [0.3, 0.4) is 0 Å². The van der Waals surface area contributed by atoms with E-state index in [9.17, 15) is 0 Å². The second-order valence-corrected chi connectivity index (χ2v) is 2.81. The summed E-state index contributed by atoms with van der Waals surface area (Å²) in [7, 11) is 0. The predicted molar refractivity (Wildman–Crippen MR) is 42.5 cm³/mol. The smallest absolute Gasteiger partial charge is 0.107 e. The Morgan fingerprint density at radius 3 is 2.10 bits per heavy atom. The van der Waals surface area contributed by atoms with Crippen LogP contribution >= 0.6 is 0 Å². The van der Waals surface area contributed by atoms with Crippen molar-refractivity contribution in [3.05, 3.63) is 35.4 Å². The first-order valence-corrected chi connectivity index (χ1v) is 3.60. The fourth-order valence-electron chi connectivity index (χ4n) is 0.895. The van der Waals surface area contributed by atoms with Gasteiger partial charge in [0.1, 0.15) is 6.04 Å². The molecule has 1 rings (SSSR count). The molecule has 0 saturated heterocycles. The predicted octanol–water partition coefficient (Wildman–Crippen LogP) is 1.30. The van der Waals surface area contributed by atoms with Crippen LogP contribution in [0, 0.1) is 6.92 Å². The van der Waals surface area contributed by atoms with E-state index >= 15 is 0 Å². The molecule has 0 fully saturated rings. The summed E-state index contributed by atoms with van der Waals surface area (Å²) in [6.07, 6.45) is 0. The monoisotopic (exact) mass is 136 g/mol. The highest BCUT2D eigenvalue weighted by Gasteiger charge is 1.99. The largest absolute Gasteiger partial charge is 0.352 e. The third kappa shape index (κ3) is 1.58. The first-order chi connectivity index (χ1) is 4.70. The Morgan fingerprint density at radius 1 is 1.20 bits per heavy atom. The Bertz CT molecular complexity index is 198. The Morgan fingerprint density at radius 2 is 1.70 bits per heavy atom. The van der Waals surface area contributed by atoms with Gasteiger partial charge >= 0.3 is 0 Å². The van der Waals surface area contributed by atoms with Gasteiger partial charge < -0.3 is 5.73 Å². The summed E-state index contributed by atoms with van der Waals surface area (Å²) in [4.78, 5) is 0. The van der Waals surface area contributed by atoms with E-state index in [-0.39, 0.29) is 0 Å². The molecule has 0 spiro atoms. The van der Waals surface area contributed by atoms with Crippen LogP contribution in [-0.4, -0.2) is 0 Å². The van der Waals surface area contributed by atoms with E-state index in [0.717, 1.165) is 0 Å². The highest BCUT2D eigenvalue weighted by Crippen LogP contribution is 2.07. The van der Waals surface area contributed by atoms with Crippen LogP contribution in [0.15, 0.2) is 24.3 Å². The summed E-state index contributed by atoms with van der Waals surface area (Å²) >= 11 is 0. The number of rotatable bonds is 1. The average Bonchev–Trinajstić information content (AvgIpc) is 1.88. The molecule has 0 aliphatic heterocycles. The lowest BCUT2D eigenvalue weighted by Gasteiger charge is -2.00. The maximum absolute atomic E-state index is 3.94. The van der Waals surface area contributed by atoms with Gasteiger partial charge in [-0.25, -0.2) is 0 Å². The maximum Gasteiger partial charge on any atom is 0.107 e. The molecule has 0 radical (unpaired) electrons. The summed E-state index contributed by atoms with van der Waals surface area (Å²) in [5, 5.41) is 0. The van der Waals surface area contributed by atoms with E-state index in [1.54, 1.807) is 0 Å². The van der Waals surface area contributed by atoms with Crippen molar-refractivity contribution in [2.45, 2.75) is 19.9 Å². The van der Waals surface area contributed by atoms with E-state index in [2.05, 4.69) is 43.8 Å². The van der Waals surface area contributed by atoms with E-state index in [4.69, 9.17) is 0 Å². The van der Waals surface area contributed by atoms with Gasteiger partial charge in [-0.2, -0.15) is 0 Å². The van der Waals surface area contributed by atoms with Gasteiger partial charge in [-0.3, -0.25) is 0 Å². The van der Waals surface area contributed by atoms with Crippen molar-refractivity contribution in [2.75, 3.05) is 0 Å². The molecule has 3 N–H and O–H groups in total. The van der Waals surface area contributed by atoms with Crippen LogP contribution in [-0.2, 0) is 0 Å². The number of quaternary nitrogens is 1. The third-order valence-electron chi connectivity index (χ3n) is 1.65. The molecule has 1 heteroatoms. The molecule has 1 nitrogen and oxygen atoms in total. The molecule has 0 bridgehead atoms. The molecule has 1 aromatic rings. The molecule has 0 aromatic heterocycles. The first kappa shape index (κ1) is 7.29. The summed E-state index contributed by atoms with van der Waals surface area (Å²) in [6, 6.07) is 8.91. The Hall–Kier alpha value is -0.820. The Kier molecular flexibility index (Phi) is 2.07. The molecule has 54 valence electrons. The van der Waals surface area contributed by atoms with Crippen molar-refractivity contribution >= 4 is 0 Å². The zero-order chi connectivity index (χ0) is 7.56. The third-order valence-corrected chi connectivity index (χ3v) is 1.65. The standard InChI is InChI=1S/C9H13N/c1-7-3-5-9(6-4-7)8(2)10/h3-6,8H,10H2,1-2H3/p+1. The fourth-order valence-corrected chi connectivity index (χ4v) is 0.895. The minimum absolute atomic E-state index is 0.403. The van der Waals surface area contributed by atoms with Gasteiger partial charge in [0.05, 0.1) is 0 Å². The molecular formula is C9H14N+. The summed E-state index contributed by atoms with van der Waals surface area (Å²) in [5.74, 6) is 0. The minimum atomic E-state index is 0.403. The molecule has 1 unspecified atom stereocenters. The van der Waals surface area contributed by atoms with Crippen molar-refractivity contribution in [2.24, 2.45) is 0 Å². The molecule has 0 aliphatic carbocycles. The molecule has 1 aromatic carbocycles. The van der Waals surface area contributed by atoms with Gasteiger partial charge in [-0.15, -0.1) is 0 Å². The van der Waals surface area contributed by atoms with Gasteiger partial charge in [-0.1, -0.05) is 29.8 Å². The number of benzene rings is 1. The highest BCUT2D eigenvalue weighted by atomic mass is 14.6. The van der Waals surface area contributed by atoms with E-state index in [0.29, 0.717) is 6.04 Å². The van der Waals surface area contributed by atoms with Gasteiger partial charge in [0, 0.05) is 5.56 Å². The van der Waals surface area contributed by atoms with Crippen LogP contribution in [0.25, 0.3) is 0 Å². The lowest BCUT2D eigenvalue weighted by molar-refractivity contribution is -0.420. The van der Waals surface area contributed by atoms with Crippen molar-refractivity contribution in [3.8, 4) is 0 Å². The van der Waals surface area contributed by atoms with Crippen molar-refractivity contribution in [1.82, 2.24) is 0 Å². The molecule has 10 heavy (non-hydrogen) atoms. The fraction of sp³-hybridized carbons (Fsp3) is 0.333. The number of hydrogen-bond donors (Lipinski definition) is 1. The van der Waals surface area contributed by atoms with Crippen LogP contribution in [0.5, 0.6) is 0 Å². The SMILES string of the molecule is Cc1ccc(C(C)[NH3+])cc1. The van der Waals surface area contributed by atoms with Crippen LogP contribution in [0.1, 0.15) is 24.1 Å². The molecular weight excluding hydrogens is 122 g/mol.